The van der Waals surface area contributed by atoms with Crippen molar-refractivity contribution in [2.75, 3.05) is 20.7 Å². The number of hydrogen-bond donors (Lipinski definition) is 0. The highest BCUT2D eigenvalue weighted by atomic mass is 16.6. The average molecular weight is 529 g/mol. The van der Waals surface area contributed by atoms with Gasteiger partial charge < -0.3 is 23.4 Å². The van der Waals surface area contributed by atoms with E-state index < -0.39 is 0 Å². The van der Waals surface area contributed by atoms with E-state index in [0.29, 0.717) is 25.5 Å². The van der Waals surface area contributed by atoms with Crippen LogP contribution in [0.25, 0.3) is 12.2 Å². The Hall–Kier alpha value is -4.33. The van der Waals surface area contributed by atoms with E-state index in [2.05, 4.69) is 57.9 Å². The third kappa shape index (κ3) is 8.88. The van der Waals surface area contributed by atoms with Gasteiger partial charge in [0.05, 0.1) is 0 Å². The smallest absolute Gasteiger partial charge is 0.409 e. The molecule has 0 spiro atoms. The predicted octanol–water partition coefficient (Wildman–Crippen LogP) is 6.19. The summed E-state index contributed by atoms with van der Waals surface area (Å²) in [6.45, 7) is 3.63. The van der Waals surface area contributed by atoms with Crippen molar-refractivity contribution in [3.8, 4) is 5.75 Å². The van der Waals surface area contributed by atoms with Gasteiger partial charge in [-0.05, 0) is 55.5 Å². The summed E-state index contributed by atoms with van der Waals surface area (Å²) in [6, 6.07) is 16.5. The van der Waals surface area contributed by atoms with Gasteiger partial charge in [-0.3, -0.25) is 0 Å². The number of hydrogen-bond acceptors (Lipinski definition) is 6. The Kier molecular flexibility index (Phi) is 9.94. The number of carbonyl (C=O) groups excluding carboxylic acids is 1. The van der Waals surface area contributed by atoms with Gasteiger partial charge in [0.1, 0.15) is 36.7 Å². The fraction of sp³-hybridized carbons (Fsp3) is 0.323. The van der Waals surface area contributed by atoms with Gasteiger partial charge in [0.2, 0.25) is 5.89 Å². The molecule has 0 unspecified atom stereocenters. The number of aromatic nitrogens is 3. The molecule has 0 radical (unpaired) electrons. The zero-order valence-corrected chi connectivity index (χ0v) is 22.9. The molecule has 0 aliphatic heterocycles. The highest BCUT2D eigenvalue weighted by Gasteiger charge is 2.08. The number of amides is 1. The van der Waals surface area contributed by atoms with Crippen molar-refractivity contribution in [1.82, 2.24) is 19.4 Å². The summed E-state index contributed by atoms with van der Waals surface area (Å²) in [7, 11) is 3.34. The minimum absolute atomic E-state index is 0.325. The molecular weight excluding hydrogens is 492 g/mol. The molecule has 8 heteroatoms. The summed E-state index contributed by atoms with van der Waals surface area (Å²) in [6.07, 6.45) is 12.6. The Morgan fingerprint density at radius 2 is 1.82 bits per heavy atom. The van der Waals surface area contributed by atoms with Gasteiger partial charge in [-0.1, -0.05) is 42.0 Å². The van der Waals surface area contributed by atoms with Crippen LogP contribution in [0.2, 0.25) is 0 Å². The van der Waals surface area contributed by atoms with E-state index in [9.17, 15) is 4.79 Å². The number of ether oxygens (including phenoxy) is 2. The monoisotopic (exact) mass is 528 g/mol. The molecule has 0 saturated carbocycles. The van der Waals surface area contributed by atoms with E-state index in [1.165, 1.54) is 16.0 Å². The molecule has 4 aromatic rings. The molecule has 2 aromatic heterocycles. The molecule has 0 aliphatic carbocycles. The highest BCUT2D eigenvalue weighted by molar-refractivity contribution is 5.67. The van der Waals surface area contributed by atoms with Crippen LogP contribution >= 0.6 is 0 Å². The van der Waals surface area contributed by atoms with Gasteiger partial charge in [-0.15, -0.1) is 0 Å². The number of imidazole rings is 1. The lowest BCUT2D eigenvalue weighted by Gasteiger charge is -2.12. The first-order valence-corrected chi connectivity index (χ1v) is 13.2. The molecule has 0 N–H and O–H groups in total. The lowest BCUT2D eigenvalue weighted by atomic mass is 10.1. The standard InChI is InChI=1S/C31H36N4O4/c1-24-7-9-26(10-8-24)13-16-30-33-27(23-39-30)22-38-28-14-11-25(12-15-28)6-4-5-19-35-20-18-32-29(35)17-21-37-31(36)34(2)3/h7-16,18,20,23H,4-6,17,19,21-22H2,1-3H3/b16-13+. The number of benzene rings is 2. The van der Waals surface area contributed by atoms with E-state index >= 15 is 0 Å². The zero-order chi connectivity index (χ0) is 27.5. The summed E-state index contributed by atoms with van der Waals surface area (Å²) in [5.74, 6) is 2.29. The predicted molar refractivity (Wildman–Crippen MR) is 151 cm³/mol. The topological polar surface area (TPSA) is 82.6 Å². The SMILES string of the molecule is Cc1ccc(/C=C/c2nc(COc3ccc(CCCCn4ccnc4CCOC(=O)N(C)C)cc3)co2)cc1. The average Bonchev–Trinajstić information content (AvgIpc) is 3.59. The maximum Gasteiger partial charge on any atom is 0.409 e. The molecule has 2 aromatic carbocycles. The summed E-state index contributed by atoms with van der Waals surface area (Å²) in [4.78, 5) is 21.9. The molecule has 0 fully saturated rings. The van der Waals surface area contributed by atoms with Crippen LogP contribution in [-0.4, -0.2) is 46.2 Å². The molecule has 1 amide bonds. The van der Waals surface area contributed by atoms with Crippen molar-refractivity contribution in [3.63, 3.8) is 0 Å². The molecule has 0 atom stereocenters. The van der Waals surface area contributed by atoms with Crippen molar-refractivity contribution in [3.05, 3.63) is 101 Å². The maximum absolute atomic E-state index is 11.6. The van der Waals surface area contributed by atoms with Crippen LogP contribution in [0.15, 0.2) is 71.6 Å². The summed E-state index contributed by atoms with van der Waals surface area (Å²) in [5, 5.41) is 0. The first kappa shape index (κ1) is 27.7. The van der Waals surface area contributed by atoms with Crippen LogP contribution < -0.4 is 4.74 Å². The first-order chi connectivity index (χ1) is 19.0. The van der Waals surface area contributed by atoms with E-state index in [0.717, 1.165) is 48.6 Å². The normalized spacial score (nSPS) is 11.2. The molecule has 2 heterocycles. The highest BCUT2D eigenvalue weighted by Crippen LogP contribution is 2.17. The Balaban J connectivity index is 1.15. The molecule has 204 valence electrons. The second kappa shape index (κ2) is 14.0. The van der Waals surface area contributed by atoms with E-state index in [1.54, 1.807) is 26.6 Å². The third-order valence-corrected chi connectivity index (χ3v) is 6.21. The quantitative estimate of drug-likeness (QED) is 0.192. The first-order valence-electron chi connectivity index (χ1n) is 13.2. The largest absolute Gasteiger partial charge is 0.487 e. The lowest BCUT2D eigenvalue weighted by Crippen LogP contribution is -2.24. The zero-order valence-electron chi connectivity index (χ0n) is 22.9. The van der Waals surface area contributed by atoms with Crippen molar-refractivity contribution in [2.24, 2.45) is 0 Å². The number of carbonyl (C=O) groups is 1. The lowest BCUT2D eigenvalue weighted by molar-refractivity contribution is 0.119. The second-order valence-electron chi connectivity index (χ2n) is 9.61. The third-order valence-electron chi connectivity index (χ3n) is 6.21. The summed E-state index contributed by atoms with van der Waals surface area (Å²) >= 11 is 0. The maximum atomic E-state index is 11.6. The summed E-state index contributed by atoms with van der Waals surface area (Å²) < 4.78 is 18.8. The van der Waals surface area contributed by atoms with Crippen molar-refractivity contribution in [1.29, 1.82) is 0 Å². The van der Waals surface area contributed by atoms with Gasteiger partial charge in [0, 0.05) is 45.5 Å². The fourth-order valence-corrected chi connectivity index (χ4v) is 3.96. The van der Waals surface area contributed by atoms with Gasteiger partial charge >= 0.3 is 6.09 Å². The number of rotatable bonds is 13. The molecule has 4 rings (SSSR count). The van der Waals surface area contributed by atoms with Crippen molar-refractivity contribution in [2.45, 2.75) is 45.8 Å². The van der Waals surface area contributed by atoms with Crippen LogP contribution in [-0.2, 0) is 30.7 Å². The van der Waals surface area contributed by atoms with E-state index in [-0.39, 0.29) is 6.09 Å². The Morgan fingerprint density at radius 1 is 1.03 bits per heavy atom. The van der Waals surface area contributed by atoms with Gasteiger partial charge in [-0.25, -0.2) is 14.8 Å². The fourth-order valence-electron chi connectivity index (χ4n) is 3.96. The van der Waals surface area contributed by atoms with Crippen molar-refractivity contribution >= 4 is 18.2 Å². The number of oxazole rings is 1. The molecule has 0 bridgehead atoms. The molecule has 8 nitrogen and oxygen atoms in total. The molecule has 39 heavy (non-hydrogen) atoms. The van der Waals surface area contributed by atoms with E-state index in [4.69, 9.17) is 13.9 Å². The molecular formula is C31H36N4O4. The Bertz CT molecular complexity index is 1340. The van der Waals surface area contributed by atoms with E-state index in [1.807, 2.05) is 30.5 Å². The van der Waals surface area contributed by atoms with Crippen LogP contribution in [0.4, 0.5) is 4.79 Å². The van der Waals surface area contributed by atoms with Crippen LogP contribution in [0.3, 0.4) is 0 Å². The van der Waals surface area contributed by atoms with Crippen LogP contribution in [0, 0.1) is 6.92 Å². The Labute approximate surface area is 229 Å². The van der Waals surface area contributed by atoms with Crippen LogP contribution in [0.5, 0.6) is 5.75 Å². The number of aryl methyl sites for hydroxylation is 3. The minimum Gasteiger partial charge on any atom is -0.487 e. The molecule has 0 aliphatic rings. The molecule has 0 saturated heterocycles. The number of unbranched alkanes of at least 4 members (excludes halogenated alkanes) is 1. The van der Waals surface area contributed by atoms with Crippen molar-refractivity contribution < 1.29 is 18.7 Å². The Morgan fingerprint density at radius 3 is 2.59 bits per heavy atom. The van der Waals surface area contributed by atoms with Gasteiger partial charge in [0.15, 0.2) is 0 Å². The van der Waals surface area contributed by atoms with Gasteiger partial charge in [0.25, 0.3) is 0 Å². The number of nitrogens with zero attached hydrogens (tertiary/aromatic N) is 4. The minimum atomic E-state index is -0.334. The second-order valence-corrected chi connectivity index (χ2v) is 9.61. The van der Waals surface area contributed by atoms with Crippen LogP contribution in [0.1, 0.15) is 46.9 Å². The summed E-state index contributed by atoms with van der Waals surface area (Å²) in [5.41, 5.74) is 4.35. The van der Waals surface area contributed by atoms with Gasteiger partial charge in [-0.2, -0.15) is 0 Å².